The van der Waals surface area contributed by atoms with Crippen LogP contribution in [0.25, 0.3) is 0 Å². The van der Waals surface area contributed by atoms with Crippen LogP contribution in [-0.4, -0.2) is 64.9 Å². The number of likely N-dealkylation sites (N-methyl/N-ethyl adjacent to an activating group) is 1. The van der Waals surface area contributed by atoms with Gasteiger partial charge in [-0.05, 0) is 48.6 Å². The van der Waals surface area contributed by atoms with E-state index < -0.39 is 0 Å². The summed E-state index contributed by atoms with van der Waals surface area (Å²) in [7, 11) is 2.08. The minimum atomic E-state index is -0.381. The van der Waals surface area contributed by atoms with E-state index in [1.807, 2.05) is 47.6 Å². The van der Waals surface area contributed by atoms with Gasteiger partial charge in [0.2, 0.25) is 5.91 Å². The van der Waals surface area contributed by atoms with Crippen LogP contribution in [0.1, 0.15) is 50.3 Å². The number of amidine groups is 1. The molecule has 1 fully saturated rings. The van der Waals surface area contributed by atoms with Crippen LogP contribution >= 0.6 is 11.8 Å². The number of nitrogens with zero attached hydrogens (tertiary/aromatic N) is 4. The molecule has 5 rings (SSSR count). The molecule has 1 atom stereocenters. The number of hydrogen-bond donors (Lipinski definition) is 1. The Morgan fingerprint density at radius 2 is 1.71 bits per heavy atom. The monoisotopic (exact) mass is 529 g/mol. The van der Waals surface area contributed by atoms with Crippen molar-refractivity contribution in [2.75, 3.05) is 38.5 Å². The van der Waals surface area contributed by atoms with Crippen LogP contribution in [0.15, 0.2) is 82.0 Å². The molecule has 2 aromatic carbocycles. The Labute approximate surface area is 229 Å². The predicted octanol–water partition coefficient (Wildman–Crippen LogP) is 5.19. The summed E-state index contributed by atoms with van der Waals surface area (Å²) in [5.41, 5.74) is 5.14. The number of carbonyl (C=O) groups excluding carboxylic acids is 2. The maximum absolute atomic E-state index is 13.8. The van der Waals surface area contributed by atoms with E-state index in [2.05, 4.69) is 60.3 Å². The van der Waals surface area contributed by atoms with Gasteiger partial charge in [-0.2, -0.15) is 0 Å². The first kappa shape index (κ1) is 26.3. The standard InChI is InChI=1S/C30H35N5O2S/c1-20(2)22-10-12-23(13-11-22)28-27(29(37)32-24-8-6-5-7-9-24)21(3)31-30-35(28)25(19-38-30)18-26(36)34-16-14-33(4)15-17-34/h5-13,19-20,28H,14-18H2,1-4H3,(H,32,37)/t28-/m0/s1. The maximum atomic E-state index is 13.8. The second-order valence-electron chi connectivity index (χ2n) is 10.4. The molecule has 1 N–H and O–H groups in total. The molecule has 0 spiro atoms. The lowest BCUT2D eigenvalue weighted by molar-refractivity contribution is -0.132. The summed E-state index contributed by atoms with van der Waals surface area (Å²) < 4.78 is 0. The van der Waals surface area contributed by atoms with Gasteiger partial charge in [0.25, 0.3) is 5.91 Å². The van der Waals surface area contributed by atoms with Gasteiger partial charge in [-0.15, -0.1) is 0 Å². The number of nitrogens with one attached hydrogen (secondary N) is 1. The highest BCUT2D eigenvalue weighted by atomic mass is 32.2. The lowest BCUT2D eigenvalue weighted by Crippen LogP contribution is -2.47. The molecule has 3 aliphatic heterocycles. The number of thioether (sulfide) groups is 1. The number of fused-ring (bicyclic) bond motifs is 1. The highest BCUT2D eigenvalue weighted by Gasteiger charge is 2.41. The van der Waals surface area contributed by atoms with Crippen molar-refractivity contribution >= 4 is 34.4 Å². The van der Waals surface area contributed by atoms with Gasteiger partial charge in [0.15, 0.2) is 5.17 Å². The van der Waals surface area contributed by atoms with Crippen molar-refractivity contribution in [2.45, 2.75) is 39.2 Å². The molecular weight excluding hydrogens is 494 g/mol. The van der Waals surface area contributed by atoms with E-state index in [1.54, 1.807) is 0 Å². The van der Waals surface area contributed by atoms with Crippen molar-refractivity contribution in [1.29, 1.82) is 0 Å². The van der Waals surface area contributed by atoms with Gasteiger partial charge < -0.3 is 20.0 Å². The Morgan fingerprint density at radius 3 is 2.37 bits per heavy atom. The summed E-state index contributed by atoms with van der Waals surface area (Å²) in [5.74, 6) is 0.336. The van der Waals surface area contributed by atoms with E-state index in [0.717, 1.165) is 48.3 Å². The van der Waals surface area contributed by atoms with Gasteiger partial charge in [-0.25, -0.2) is 4.99 Å². The zero-order chi connectivity index (χ0) is 26.8. The smallest absolute Gasteiger partial charge is 0.255 e. The zero-order valence-corrected chi connectivity index (χ0v) is 23.3. The molecule has 198 valence electrons. The van der Waals surface area contributed by atoms with Crippen LogP contribution in [-0.2, 0) is 9.59 Å². The number of anilines is 1. The minimum absolute atomic E-state index is 0.113. The van der Waals surface area contributed by atoms with E-state index in [4.69, 9.17) is 4.99 Å². The molecule has 3 aliphatic rings. The Morgan fingerprint density at radius 1 is 1.03 bits per heavy atom. The Kier molecular flexibility index (Phi) is 7.72. The number of hydrogen-bond acceptors (Lipinski definition) is 6. The summed E-state index contributed by atoms with van der Waals surface area (Å²) in [6, 6.07) is 17.6. The van der Waals surface area contributed by atoms with Gasteiger partial charge in [-0.1, -0.05) is 68.1 Å². The van der Waals surface area contributed by atoms with E-state index in [0.29, 0.717) is 17.2 Å². The number of aliphatic imine (C=N–C) groups is 1. The highest BCUT2D eigenvalue weighted by Crippen LogP contribution is 2.45. The highest BCUT2D eigenvalue weighted by molar-refractivity contribution is 8.16. The van der Waals surface area contributed by atoms with Crippen LogP contribution in [0.4, 0.5) is 5.69 Å². The van der Waals surface area contributed by atoms with E-state index in [1.165, 1.54) is 17.3 Å². The maximum Gasteiger partial charge on any atom is 0.255 e. The molecule has 3 heterocycles. The second-order valence-corrected chi connectivity index (χ2v) is 11.2. The second kappa shape index (κ2) is 11.2. The van der Waals surface area contributed by atoms with Crippen LogP contribution < -0.4 is 5.32 Å². The van der Waals surface area contributed by atoms with Crippen molar-refractivity contribution in [1.82, 2.24) is 14.7 Å². The molecule has 38 heavy (non-hydrogen) atoms. The normalized spacial score (nSPS) is 19.9. The first-order valence-electron chi connectivity index (χ1n) is 13.2. The number of carbonyl (C=O) groups is 2. The molecule has 0 aromatic heterocycles. The average Bonchev–Trinajstić information content (AvgIpc) is 3.30. The Bertz CT molecular complexity index is 1290. The molecule has 7 nitrogen and oxygen atoms in total. The lowest BCUT2D eigenvalue weighted by atomic mass is 9.91. The number of amides is 2. The summed E-state index contributed by atoms with van der Waals surface area (Å²) in [6.07, 6.45) is 0.281. The third-order valence-corrected chi connectivity index (χ3v) is 8.27. The van der Waals surface area contributed by atoms with E-state index >= 15 is 0 Å². The van der Waals surface area contributed by atoms with Crippen LogP contribution in [0.2, 0.25) is 0 Å². The zero-order valence-electron chi connectivity index (χ0n) is 22.5. The third kappa shape index (κ3) is 5.42. The molecule has 0 radical (unpaired) electrons. The molecule has 0 aliphatic carbocycles. The number of piperazine rings is 1. The summed E-state index contributed by atoms with van der Waals surface area (Å²) in [4.78, 5) is 38.2. The van der Waals surface area contributed by atoms with Crippen molar-refractivity contribution < 1.29 is 9.59 Å². The van der Waals surface area contributed by atoms with Crippen LogP contribution in [0, 0.1) is 0 Å². The summed E-state index contributed by atoms with van der Waals surface area (Å²) in [5, 5.41) is 5.89. The molecular formula is C30H35N5O2S. The Balaban J connectivity index is 1.48. The molecule has 0 bridgehead atoms. The van der Waals surface area contributed by atoms with Crippen molar-refractivity contribution in [2.24, 2.45) is 4.99 Å². The SMILES string of the molecule is CC1=C(C(=O)Nc2ccccc2)[C@H](c2ccc(C(C)C)cc2)N2C(CC(=O)N3CCN(C)CC3)=CSC2=N1. The molecule has 8 heteroatoms. The number of benzene rings is 2. The predicted molar refractivity (Wildman–Crippen MR) is 155 cm³/mol. The molecule has 0 unspecified atom stereocenters. The quantitative estimate of drug-likeness (QED) is 0.558. The van der Waals surface area contributed by atoms with Gasteiger partial charge in [0, 0.05) is 37.6 Å². The van der Waals surface area contributed by atoms with Crippen molar-refractivity contribution in [3.63, 3.8) is 0 Å². The van der Waals surface area contributed by atoms with Crippen LogP contribution in [0.5, 0.6) is 0 Å². The van der Waals surface area contributed by atoms with Gasteiger partial charge in [-0.3, -0.25) is 9.59 Å². The minimum Gasteiger partial charge on any atom is -0.340 e. The fourth-order valence-electron chi connectivity index (χ4n) is 5.08. The molecule has 1 saturated heterocycles. The van der Waals surface area contributed by atoms with Crippen molar-refractivity contribution in [3.05, 3.63) is 88.1 Å². The van der Waals surface area contributed by atoms with E-state index in [9.17, 15) is 9.59 Å². The van der Waals surface area contributed by atoms with Crippen LogP contribution in [0.3, 0.4) is 0 Å². The van der Waals surface area contributed by atoms with E-state index in [-0.39, 0.29) is 24.3 Å². The fourth-order valence-corrected chi connectivity index (χ4v) is 6.05. The van der Waals surface area contributed by atoms with Gasteiger partial charge in [0.05, 0.1) is 23.7 Å². The summed E-state index contributed by atoms with van der Waals surface area (Å²) in [6.45, 7) is 9.48. The van der Waals surface area contributed by atoms with Crippen molar-refractivity contribution in [3.8, 4) is 0 Å². The molecule has 2 aromatic rings. The number of allylic oxidation sites excluding steroid dienone is 1. The molecule has 2 amide bonds. The Hall–Kier alpha value is -3.36. The number of rotatable bonds is 6. The largest absolute Gasteiger partial charge is 0.340 e. The molecule has 0 saturated carbocycles. The topological polar surface area (TPSA) is 68.2 Å². The van der Waals surface area contributed by atoms with Gasteiger partial charge in [0.1, 0.15) is 0 Å². The lowest BCUT2D eigenvalue weighted by Gasteiger charge is -2.38. The van der Waals surface area contributed by atoms with Gasteiger partial charge >= 0.3 is 0 Å². The third-order valence-electron chi connectivity index (χ3n) is 7.38. The first-order chi connectivity index (χ1) is 18.3. The number of para-hydroxylation sites is 1. The average molecular weight is 530 g/mol. The fraction of sp³-hybridized carbons (Fsp3) is 0.367. The first-order valence-corrected chi connectivity index (χ1v) is 14.1. The summed E-state index contributed by atoms with van der Waals surface area (Å²) >= 11 is 1.52.